The van der Waals surface area contributed by atoms with Gasteiger partial charge in [0, 0.05) is 17.5 Å². The van der Waals surface area contributed by atoms with Crippen molar-refractivity contribution in [1.29, 1.82) is 0 Å². The maximum absolute atomic E-state index is 5.67. The predicted octanol–water partition coefficient (Wildman–Crippen LogP) is 3.58. The smallest absolute Gasteiger partial charge is 0.232 e. The number of nitrogens with zero attached hydrogens (tertiary/aromatic N) is 2. The molecule has 0 saturated heterocycles. The second kappa shape index (κ2) is 5.61. The van der Waals surface area contributed by atoms with Crippen LogP contribution in [0.25, 0.3) is 0 Å². The van der Waals surface area contributed by atoms with E-state index in [1.54, 1.807) is 17.5 Å². The normalized spacial score (nSPS) is 10.4. The monoisotopic (exact) mass is 318 g/mol. The van der Waals surface area contributed by atoms with Gasteiger partial charge in [0.05, 0.1) is 11.1 Å². The summed E-state index contributed by atoms with van der Waals surface area (Å²) in [7, 11) is 0. The average molecular weight is 320 g/mol. The van der Waals surface area contributed by atoms with Crippen LogP contribution in [0, 0.1) is 0 Å². The highest BCUT2D eigenvalue weighted by Gasteiger charge is 2.05. The van der Waals surface area contributed by atoms with Crippen molar-refractivity contribution < 1.29 is 4.74 Å². The van der Waals surface area contributed by atoms with E-state index in [0.29, 0.717) is 17.0 Å². The third-order valence-electron chi connectivity index (χ3n) is 1.85. The van der Waals surface area contributed by atoms with Crippen molar-refractivity contribution in [2.45, 2.75) is 6.42 Å². The first-order valence-electron chi connectivity index (χ1n) is 4.59. The summed E-state index contributed by atoms with van der Waals surface area (Å²) in [5.74, 6) is 0.483. The van der Waals surface area contributed by atoms with Crippen LogP contribution in [-0.4, -0.2) is 16.6 Å². The van der Waals surface area contributed by atoms with Crippen molar-refractivity contribution in [2.75, 3.05) is 6.61 Å². The fraction of sp³-hybridized carbons (Fsp3) is 0.200. The molecule has 0 radical (unpaired) electrons. The maximum Gasteiger partial charge on any atom is 0.232 e. The highest BCUT2D eigenvalue weighted by Crippen LogP contribution is 2.22. The van der Waals surface area contributed by atoms with E-state index in [1.807, 2.05) is 11.4 Å². The van der Waals surface area contributed by atoms with Crippen LogP contribution in [-0.2, 0) is 6.42 Å². The zero-order valence-corrected chi connectivity index (χ0v) is 11.3. The van der Waals surface area contributed by atoms with Crippen molar-refractivity contribution in [1.82, 2.24) is 9.97 Å². The molecule has 0 aliphatic carbocycles. The zero-order valence-electron chi connectivity index (χ0n) is 8.19. The molecule has 2 aromatic heterocycles. The number of hydrogen-bond donors (Lipinski definition) is 0. The third-order valence-corrected chi connectivity index (χ3v) is 3.51. The van der Waals surface area contributed by atoms with Gasteiger partial charge in [0.15, 0.2) is 0 Å². The molecule has 0 aliphatic heterocycles. The van der Waals surface area contributed by atoms with E-state index in [-0.39, 0.29) is 5.28 Å². The Labute approximate surface area is 111 Å². The molecular weight excluding hydrogens is 312 g/mol. The molecule has 0 spiro atoms. The van der Waals surface area contributed by atoms with E-state index in [1.165, 1.54) is 4.88 Å². The van der Waals surface area contributed by atoms with Crippen molar-refractivity contribution in [3.8, 4) is 5.88 Å². The SMILES string of the molecule is Clc1ncc(Br)c(OCCc2cccs2)n1. The molecule has 2 aromatic rings. The van der Waals surface area contributed by atoms with E-state index in [9.17, 15) is 0 Å². The summed E-state index contributed by atoms with van der Waals surface area (Å²) in [6.07, 6.45) is 2.45. The molecule has 0 atom stereocenters. The number of aromatic nitrogens is 2. The van der Waals surface area contributed by atoms with Crippen LogP contribution in [0.2, 0.25) is 5.28 Å². The van der Waals surface area contributed by atoms with Crippen LogP contribution in [0.1, 0.15) is 4.88 Å². The molecule has 2 rings (SSSR count). The van der Waals surface area contributed by atoms with Crippen molar-refractivity contribution in [2.24, 2.45) is 0 Å². The molecule has 6 heteroatoms. The Balaban J connectivity index is 1.92. The molecule has 3 nitrogen and oxygen atoms in total. The lowest BCUT2D eigenvalue weighted by molar-refractivity contribution is 0.307. The van der Waals surface area contributed by atoms with E-state index in [2.05, 4.69) is 32.0 Å². The van der Waals surface area contributed by atoms with Gasteiger partial charge in [-0.05, 0) is 39.0 Å². The lowest BCUT2D eigenvalue weighted by atomic mass is 10.4. The highest BCUT2D eigenvalue weighted by molar-refractivity contribution is 9.10. The van der Waals surface area contributed by atoms with Crippen LogP contribution in [0.4, 0.5) is 0 Å². The summed E-state index contributed by atoms with van der Waals surface area (Å²) < 4.78 is 6.23. The summed E-state index contributed by atoms with van der Waals surface area (Å²) in [6.45, 7) is 0.576. The number of hydrogen-bond acceptors (Lipinski definition) is 4. The topological polar surface area (TPSA) is 35.0 Å². The molecule has 0 aromatic carbocycles. The minimum atomic E-state index is 0.189. The fourth-order valence-corrected chi connectivity index (χ4v) is 2.26. The molecule has 2 heterocycles. The predicted molar refractivity (Wildman–Crippen MR) is 68.3 cm³/mol. The molecule has 0 amide bonds. The molecule has 0 saturated carbocycles. The van der Waals surface area contributed by atoms with Crippen LogP contribution >= 0.6 is 38.9 Å². The highest BCUT2D eigenvalue weighted by atomic mass is 79.9. The number of thiophene rings is 1. The Morgan fingerprint density at radius 1 is 1.50 bits per heavy atom. The van der Waals surface area contributed by atoms with Crippen molar-refractivity contribution in [3.63, 3.8) is 0 Å². The van der Waals surface area contributed by atoms with Crippen LogP contribution in [0.3, 0.4) is 0 Å². The lowest BCUT2D eigenvalue weighted by Crippen LogP contribution is -2.02. The molecule has 0 N–H and O–H groups in total. The van der Waals surface area contributed by atoms with Gasteiger partial charge >= 0.3 is 0 Å². The van der Waals surface area contributed by atoms with Gasteiger partial charge in [-0.1, -0.05) is 6.07 Å². The summed E-state index contributed by atoms with van der Waals surface area (Å²) in [5, 5.41) is 2.24. The zero-order chi connectivity index (χ0) is 11.4. The lowest BCUT2D eigenvalue weighted by Gasteiger charge is -2.05. The summed E-state index contributed by atoms with van der Waals surface area (Å²) >= 11 is 10.7. The Bertz CT molecular complexity index is 464. The average Bonchev–Trinajstić information content (AvgIpc) is 2.76. The summed E-state index contributed by atoms with van der Waals surface area (Å²) in [5.41, 5.74) is 0. The second-order valence-corrected chi connectivity index (χ2v) is 5.19. The van der Waals surface area contributed by atoms with Crippen LogP contribution in [0.5, 0.6) is 5.88 Å². The minimum absolute atomic E-state index is 0.189. The van der Waals surface area contributed by atoms with Gasteiger partial charge in [0.2, 0.25) is 11.2 Å². The number of ether oxygens (including phenoxy) is 1. The minimum Gasteiger partial charge on any atom is -0.476 e. The van der Waals surface area contributed by atoms with Gasteiger partial charge in [0.1, 0.15) is 0 Å². The first-order chi connectivity index (χ1) is 7.75. The van der Waals surface area contributed by atoms with E-state index >= 15 is 0 Å². The number of halogens is 2. The molecular formula is C10H8BrClN2OS. The maximum atomic E-state index is 5.67. The van der Waals surface area contributed by atoms with E-state index < -0.39 is 0 Å². The Kier molecular flexibility index (Phi) is 4.15. The van der Waals surface area contributed by atoms with Gasteiger partial charge in [-0.2, -0.15) is 4.98 Å². The van der Waals surface area contributed by atoms with E-state index in [0.717, 1.165) is 6.42 Å². The van der Waals surface area contributed by atoms with Crippen LogP contribution < -0.4 is 4.74 Å². The standard InChI is InChI=1S/C10H8BrClN2OS/c11-8-6-13-10(12)14-9(8)15-4-3-7-2-1-5-16-7/h1-2,5-6H,3-4H2. The van der Waals surface area contributed by atoms with Gasteiger partial charge in [-0.3, -0.25) is 0 Å². The third kappa shape index (κ3) is 3.17. The molecule has 16 heavy (non-hydrogen) atoms. The van der Waals surface area contributed by atoms with Crippen molar-refractivity contribution >= 4 is 38.9 Å². The Morgan fingerprint density at radius 2 is 2.38 bits per heavy atom. The molecule has 0 unspecified atom stereocenters. The largest absolute Gasteiger partial charge is 0.476 e. The molecule has 0 aliphatic rings. The van der Waals surface area contributed by atoms with Gasteiger partial charge in [-0.25, -0.2) is 4.98 Å². The van der Waals surface area contributed by atoms with Gasteiger partial charge < -0.3 is 4.74 Å². The molecule has 84 valence electrons. The number of rotatable bonds is 4. The van der Waals surface area contributed by atoms with Gasteiger partial charge in [-0.15, -0.1) is 11.3 Å². The van der Waals surface area contributed by atoms with Gasteiger partial charge in [0.25, 0.3) is 0 Å². The molecule has 0 fully saturated rings. The summed E-state index contributed by atoms with van der Waals surface area (Å²) in [6, 6.07) is 4.10. The molecule has 0 bridgehead atoms. The van der Waals surface area contributed by atoms with Crippen LogP contribution in [0.15, 0.2) is 28.2 Å². The van der Waals surface area contributed by atoms with Crippen molar-refractivity contribution in [3.05, 3.63) is 38.3 Å². The first kappa shape index (κ1) is 11.8. The fourth-order valence-electron chi connectivity index (χ4n) is 1.14. The quantitative estimate of drug-likeness (QED) is 0.808. The first-order valence-corrected chi connectivity index (χ1v) is 6.64. The Morgan fingerprint density at radius 3 is 3.12 bits per heavy atom. The Hall–Kier alpha value is -0.650. The summed E-state index contributed by atoms with van der Waals surface area (Å²) in [4.78, 5) is 9.10. The van der Waals surface area contributed by atoms with E-state index in [4.69, 9.17) is 16.3 Å². The second-order valence-electron chi connectivity index (χ2n) is 2.97.